The molecule has 17 heavy (non-hydrogen) atoms. The van der Waals surface area contributed by atoms with E-state index in [-0.39, 0.29) is 24.0 Å². The number of nitrogens with two attached hydrogens (primary N) is 1. The van der Waals surface area contributed by atoms with E-state index in [4.69, 9.17) is 28.9 Å². The van der Waals surface area contributed by atoms with Gasteiger partial charge < -0.3 is 11.1 Å². The summed E-state index contributed by atoms with van der Waals surface area (Å²) in [6, 6.07) is 5.33. The minimum atomic E-state index is 0. The Morgan fingerprint density at radius 3 is 2.71 bits per heavy atom. The molecule has 1 rings (SSSR count). The quantitative estimate of drug-likeness (QED) is 0.472. The summed E-state index contributed by atoms with van der Waals surface area (Å²) in [5.41, 5.74) is 6.57. The second kappa shape index (κ2) is 8.83. The molecule has 1 aromatic carbocycles. The van der Waals surface area contributed by atoms with Gasteiger partial charge in [-0.2, -0.15) is 0 Å². The van der Waals surface area contributed by atoms with E-state index in [1.54, 1.807) is 12.1 Å². The molecule has 0 spiro atoms. The number of nitrogens with one attached hydrogen (secondary N) is 1. The molecule has 0 heterocycles. The average Bonchev–Trinajstić information content (AvgIpc) is 2.25. The Labute approximate surface area is 129 Å². The molecule has 3 N–H and O–H groups in total. The SMILES string of the molecule is CCCNC(N)=NCc1ccc(Cl)cc1Cl.I. The molecule has 0 radical (unpaired) electrons. The van der Waals surface area contributed by atoms with Gasteiger partial charge in [-0.05, 0) is 24.1 Å². The summed E-state index contributed by atoms with van der Waals surface area (Å²) in [5.74, 6) is 0.438. The van der Waals surface area contributed by atoms with E-state index in [1.807, 2.05) is 6.07 Å². The number of hydrogen-bond acceptors (Lipinski definition) is 1. The van der Waals surface area contributed by atoms with Crippen LogP contribution in [-0.2, 0) is 6.54 Å². The number of nitrogens with zero attached hydrogens (tertiary/aromatic N) is 1. The average molecular weight is 388 g/mol. The first-order chi connectivity index (χ1) is 7.63. The van der Waals surface area contributed by atoms with Crippen molar-refractivity contribution >= 4 is 53.1 Å². The van der Waals surface area contributed by atoms with E-state index < -0.39 is 0 Å². The fourth-order valence-corrected chi connectivity index (χ4v) is 1.60. The third kappa shape index (κ3) is 6.33. The summed E-state index contributed by atoms with van der Waals surface area (Å²) in [5, 5.41) is 4.22. The van der Waals surface area contributed by atoms with Crippen LogP contribution >= 0.6 is 47.2 Å². The van der Waals surface area contributed by atoms with Crippen LogP contribution in [0.5, 0.6) is 0 Å². The number of hydrogen-bond donors (Lipinski definition) is 2. The van der Waals surface area contributed by atoms with Gasteiger partial charge in [0, 0.05) is 16.6 Å². The Kier molecular flexibility index (Phi) is 8.72. The first kappa shape index (κ1) is 16.8. The summed E-state index contributed by atoms with van der Waals surface area (Å²) in [7, 11) is 0. The van der Waals surface area contributed by atoms with Crippen LogP contribution in [0.15, 0.2) is 23.2 Å². The van der Waals surface area contributed by atoms with Gasteiger partial charge in [0.05, 0.1) is 6.54 Å². The molecule has 0 aromatic heterocycles. The van der Waals surface area contributed by atoms with Gasteiger partial charge in [0.25, 0.3) is 0 Å². The van der Waals surface area contributed by atoms with Crippen molar-refractivity contribution in [3.63, 3.8) is 0 Å². The van der Waals surface area contributed by atoms with Gasteiger partial charge >= 0.3 is 0 Å². The molecule has 0 amide bonds. The summed E-state index contributed by atoms with van der Waals surface area (Å²) in [6.07, 6.45) is 1.01. The van der Waals surface area contributed by atoms with Crippen molar-refractivity contribution in [2.24, 2.45) is 10.7 Å². The van der Waals surface area contributed by atoms with Gasteiger partial charge in [0.2, 0.25) is 0 Å². The highest BCUT2D eigenvalue weighted by molar-refractivity contribution is 14.0. The highest BCUT2D eigenvalue weighted by Crippen LogP contribution is 2.21. The first-order valence-corrected chi connectivity index (χ1v) is 5.86. The molecule has 0 fully saturated rings. The Bertz CT molecular complexity index is 383. The minimum Gasteiger partial charge on any atom is -0.370 e. The minimum absolute atomic E-state index is 0. The lowest BCUT2D eigenvalue weighted by Gasteiger charge is -2.04. The molecule has 96 valence electrons. The predicted molar refractivity (Wildman–Crippen MR) is 85.5 cm³/mol. The lowest BCUT2D eigenvalue weighted by atomic mass is 10.2. The maximum Gasteiger partial charge on any atom is 0.188 e. The predicted octanol–water partition coefficient (Wildman–Crippen LogP) is 3.43. The van der Waals surface area contributed by atoms with Crippen molar-refractivity contribution < 1.29 is 0 Å². The maximum absolute atomic E-state index is 6.00. The first-order valence-electron chi connectivity index (χ1n) is 5.11. The summed E-state index contributed by atoms with van der Waals surface area (Å²) in [6.45, 7) is 3.35. The van der Waals surface area contributed by atoms with Crippen molar-refractivity contribution in [2.45, 2.75) is 19.9 Å². The van der Waals surface area contributed by atoms with Crippen LogP contribution in [-0.4, -0.2) is 12.5 Å². The van der Waals surface area contributed by atoms with Gasteiger partial charge in [-0.3, -0.25) is 0 Å². The smallest absolute Gasteiger partial charge is 0.188 e. The second-order valence-corrected chi connectivity index (χ2v) is 4.21. The van der Waals surface area contributed by atoms with Crippen LogP contribution in [0.1, 0.15) is 18.9 Å². The van der Waals surface area contributed by atoms with E-state index in [0.29, 0.717) is 22.5 Å². The van der Waals surface area contributed by atoms with Crippen molar-refractivity contribution in [2.75, 3.05) is 6.54 Å². The van der Waals surface area contributed by atoms with Crippen LogP contribution in [0.4, 0.5) is 0 Å². The van der Waals surface area contributed by atoms with Gasteiger partial charge in [-0.1, -0.05) is 36.2 Å². The monoisotopic (exact) mass is 387 g/mol. The van der Waals surface area contributed by atoms with E-state index in [0.717, 1.165) is 18.5 Å². The van der Waals surface area contributed by atoms with Crippen molar-refractivity contribution in [3.8, 4) is 0 Å². The van der Waals surface area contributed by atoms with E-state index >= 15 is 0 Å². The summed E-state index contributed by atoms with van der Waals surface area (Å²) in [4.78, 5) is 4.18. The zero-order valence-electron chi connectivity index (χ0n) is 9.54. The molecule has 0 saturated heterocycles. The third-order valence-electron chi connectivity index (χ3n) is 1.99. The Balaban J connectivity index is 0.00000256. The zero-order valence-corrected chi connectivity index (χ0v) is 13.4. The lowest BCUT2D eigenvalue weighted by Crippen LogP contribution is -2.32. The molecule has 0 aliphatic heterocycles. The Hall–Kier alpha value is -0.200. The summed E-state index contributed by atoms with van der Waals surface area (Å²) >= 11 is 11.8. The molecule has 6 heteroatoms. The van der Waals surface area contributed by atoms with Crippen LogP contribution < -0.4 is 11.1 Å². The standard InChI is InChI=1S/C11H15Cl2N3.HI/c1-2-5-15-11(14)16-7-8-3-4-9(12)6-10(8)13;/h3-4,6H,2,5,7H2,1H3,(H3,14,15,16);1H. The number of halogens is 3. The maximum atomic E-state index is 6.00. The van der Waals surface area contributed by atoms with Gasteiger partial charge in [-0.25, -0.2) is 4.99 Å². The molecular formula is C11H16Cl2IN3. The molecule has 0 unspecified atom stereocenters. The molecule has 0 saturated carbocycles. The van der Waals surface area contributed by atoms with Crippen molar-refractivity contribution in [1.29, 1.82) is 0 Å². The van der Waals surface area contributed by atoms with Crippen LogP contribution in [0.25, 0.3) is 0 Å². The summed E-state index contributed by atoms with van der Waals surface area (Å²) < 4.78 is 0. The van der Waals surface area contributed by atoms with Crippen molar-refractivity contribution in [3.05, 3.63) is 33.8 Å². The topological polar surface area (TPSA) is 50.4 Å². The molecule has 1 aromatic rings. The fourth-order valence-electron chi connectivity index (χ4n) is 1.13. The number of guanidine groups is 1. The zero-order chi connectivity index (χ0) is 12.0. The van der Waals surface area contributed by atoms with Gasteiger partial charge in [0.1, 0.15) is 0 Å². The van der Waals surface area contributed by atoms with Gasteiger partial charge in [-0.15, -0.1) is 24.0 Å². The third-order valence-corrected chi connectivity index (χ3v) is 2.58. The van der Waals surface area contributed by atoms with Crippen LogP contribution in [0.2, 0.25) is 10.0 Å². The van der Waals surface area contributed by atoms with E-state index in [9.17, 15) is 0 Å². The number of benzene rings is 1. The highest BCUT2D eigenvalue weighted by atomic mass is 127. The van der Waals surface area contributed by atoms with Gasteiger partial charge in [0.15, 0.2) is 5.96 Å². The number of aliphatic imine (C=N–C) groups is 1. The van der Waals surface area contributed by atoms with Crippen LogP contribution in [0, 0.1) is 0 Å². The molecule has 3 nitrogen and oxygen atoms in total. The fraction of sp³-hybridized carbons (Fsp3) is 0.364. The largest absolute Gasteiger partial charge is 0.370 e. The Morgan fingerprint density at radius 2 is 2.12 bits per heavy atom. The normalized spacial score (nSPS) is 10.9. The molecule has 0 bridgehead atoms. The molecule has 0 atom stereocenters. The second-order valence-electron chi connectivity index (χ2n) is 3.36. The molecule has 0 aliphatic carbocycles. The Morgan fingerprint density at radius 1 is 1.41 bits per heavy atom. The van der Waals surface area contributed by atoms with Crippen LogP contribution in [0.3, 0.4) is 0 Å². The molecule has 0 aliphatic rings. The molecular weight excluding hydrogens is 372 g/mol. The lowest BCUT2D eigenvalue weighted by molar-refractivity contribution is 0.825. The number of rotatable bonds is 4. The van der Waals surface area contributed by atoms with E-state index in [1.165, 1.54) is 0 Å². The van der Waals surface area contributed by atoms with E-state index in [2.05, 4.69) is 17.2 Å². The van der Waals surface area contributed by atoms with Crippen molar-refractivity contribution in [1.82, 2.24) is 5.32 Å². The highest BCUT2D eigenvalue weighted by Gasteiger charge is 2.00.